The van der Waals surface area contributed by atoms with Gasteiger partial charge in [0.1, 0.15) is 13.2 Å². The molecule has 0 spiro atoms. The third-order valence-electron chi connectivity index (χ3n) is 3.13. The quantitative estimate of drug-likeness (QED) is 0.909. The number of ether oxygens (including phenoxy) is 2. The van der Waals surface area contributed by atoms with E-state index < -0.39 is 0 Å². The zero-order valence-corrected chi connectivity index (χ0v) is 11.1. The first-order chi connectivity index (χ1) is 9.28. The van der Waals surface area contributed by atoms with Crippen molar-refractivity contribution in [2.24, 2.45) is 7.05 Å². The highest BCUT2D eigenvalue weighted by atomic mass is 16.6. The van der Waals surface area contributed by atoms with Crippen molar-refractivity contribution >= 4 is 0 Å². The summed E-state index contributed by atoms with van der Waals surface area (Å²) in [5, 5.41) is 7.58. The molecule has 1 aromatic heterocycles. The minimum Gasteiger partial charge on any atom is -0.486 e. The van der Waals surface area contributed by atoms with Gasteiger partial charge in [0.15, 0.2) is 11.5 Å². The van der Waals surface area contributed by atoms with E-state index in [0.717, 1.165) is 35.0 Å². The molecule has 1 aliphatic heterocycles. The third-order valence-corrected chi connectivity index (χ3v) is 3.13. The fourth-order valence-corrected chi connectivity index (χ4v) is 2.27. The van der Waals surface area contributed by atoms with Gasteiger partial charge in [0.2, 0.25) is 0 Å². The van der Waals surface area contributed by atoms with Crippen molar-refractivity contribution in [2.45, 2.75) is 6.54 Å². The molecule has 19 heavy (non-hydrogen) atoms. The SMILES string of the molecule is CNCc1cc(-c2ccc3c(c2)OCCO3)n(C)n1. The number of aromatic nitrogens is 2. The van der Waals surface area contributed by atoms with Crippen LogP contribution in [0.5, 0.6) is 11.5 Å². The lowest BCUT2D eigenvalue weighted by atomic mass is 10.1. The second-order valence-corrected chi connectivity index (χ2v) is 4.53. The summed E-state index contributed by atoms with van der Waals surface area (Å²) in [6, 6.07) is 8.08. The molecule has 100 valence electrons. The van der Waals surface area contributed by atoms with Crippen LogP contribution in [0.15, 0.2) is 24.3 Å². The molecule has 0 atom stereocenters. The Morgan fingerprint density at radius 1 is 1.21 bits per heavy atom. The van der Waals surface area contributed by atoms with E-state index in [2.05, 4.69) is 16.5 Å². The Bertz CT molecular complexity index is 592. The van der Waals surface area contributed by atoms with Gasteiger partial charge in [-0.3, -0.25) is 4.68 Å². The molecule has 0 bridgehead atoms. The van der Waals surface area contributed by atoms with E-state index in [1.54, 1.807) is 0 Å². The monoisotopic (exact) mass is 259 g/mol. The maximum Gasteiger partial charge on any atom is 0.162 e. The summed E-state index contributed by atoms with van der Waals surface area (Å²) in [6.07, 6.45) is 0. The zero-order valence-electron chi connectivity index (χ0n) is 11.1. The van der Waals surface area contributed by atoms with Crippen LogP contribution in [-0.4, -0.2) is 30.0 Å². The van der Waals surface area contributed by atoms with Gasteiger partial charge in [-0.2, -0.15) is 5.10 Å². The predicted molar refractivity (Wildman–Crippen MR) is 72.4 cm³/mol. The summed E-state index contributed by atoms with van der Waals surface area (Å²) in [7, 11) is 3.86. The molecule has 1 N–H and O–H groups in total. The van der Waals surface area contributed by atoms with E-state index in [4.69, 9.17) is 9.47 Å². The molecule has 5 heteroatoms. The average molecular weight is 259 g/mol. The van der Waals surface area contributed by atoms with Crippen molar-refractivity contribution in [1.29, 1.82) is 0 Å². The molecule has 3 rings (SSSR count). The maximum atomic E-state index is 5.61. The second kappa shape index (κ2) is 4.93. The lowest BCUT2D eigenvalue weighted by molar-refractivity contribution is 0.171. The number of rotatable bonds is 3. The van der Waals surface area contributed by atoms with E-state index in [1.807, 2.05) is 37.0 Å². The fraction of sp³-hybridized carbons (Fsp3) is 0.357. The van der Waals surface area contributed by atoms with Crippen molar-refractivity contribution in [3.63, 3.8) is 0 Å². The number of nitrogens with zero attached hydrogens (tertiary/aromatic N) is 2. The van der Waals surface area contributed by atoms with E-state index in [0.29, 0.717) is 13.2 Å². The molecular formula is C14H17N3O2. The largest absolute Gasteiger partial charge is 0.486 e. The third kappa shape index (κ3) is 2.29. The summed E-state index contributed by atoms with van der Waals surface area (Å²) in [5.41, 5.74) is 3.18. The number of nitrogens with one attached hydrogen (secondary N) is 1. The molecule has 0 aliphatic carbocycles. The minimum atomic E-state index is 0.604. The summed E-state index contributed by atoms with van der Waals surface area (Å²) in [5.74, 6) is 1.62. The van der Waals surface area contributed by atoms with Crippen LogP contribution in [-0.2, 0) is 13.6 Å². The van der Waals surface area contributed by atoms with Crippen LogP contribution in [0.1, 0.15) is 5.69 Å². The van der Waals surface area contributed by atoms with Crippen LogP contribution in [0.3, 0.4) is 0 Å². The van der Waals surface area contributed by atoms with E-state index >= 15 is 0 Å². The highest BCUT2D eigenvalue weighted by molar-refractivity contribution is 5.64. The molecule has 5 nitrogen and oxygen atoms in total. The van der Waals surface area contributed by atoms with Crippen LogP contribution >= 0.6 is 0 Å². The second-order valence-electron chi connectivity index (χ2n) is 4.53. The smallest absolute Gasteiger partial charge is 0.162 e. The number of hydrogen-bond acceptors (Lipinski definition) is 4. The Balaban J connectivity index is 1.97. The Morgan fingerprint density at radius 2 is 2.00 bits per heavy atom. The zero-order chi connectivity index (χ0) is 13.2. The summed E-state index contributed by atoms with van der Waals surface area (Å²) < 4.78 is 13.0. The molecule has 0 fully saturated rings. The Kier molecular flexibility index (Phi) is 3.13. The van der Waals surface area contributed by atoms with Crippen molar-refractivity contribution < 1.29 is 9.47 Å². The van der Waals surface area contributed by atoms with Crippen molar-refractivity contribution in [3.8, 4) is 22.8 Å². The van der Waals surface area contributed by atoms with Crippen LogP contribution in [0, 0.1) is 0 Å². The molecule has 0 amide bonds. The highest BCUT2D eigenvalue weighted by Gasteiger charge is 2.14. The minimum absolute atomic E-state index is 0.604. The molecule has 2 aromatic rings. The lowest BCUT2D eigenvalue weighted by Gasteiger charge is -2.18. The first kappa shape index (κ1) is 12.0. The molecular weight excluding hydrogens is 242 g/mol. The molecule has 0 radical (unpaired) electrons. The van der Waals surface area contributed by atoms with Gasteiger partial charge >= 0.3 is 0 Å². The van der Waals surface area contributed by atoms with Gasteiger partial charge in [0, 0.05) is 19.2 Å². The molecule has 0 saturated heterocycles. The molecule has 1 aromatic carbocycles. The first-order valence-corrected chi connectivity index (χ1v) is 6.35. The Labute approximate surface area is 112 Å². The van der Waals surface area contributed by atoms with Crippen LogP contribution < -0.4 is 14.8 Å². The number of fused-ring (bicyclic) bond motifs is 1. The van der Waals surface area contributed by atoms with Crippen LogP contribution in [0.2, 0.25) is 0 Å². The Morgan fingerprint density at radius 3 is 2.79 bits per heavy atom. The number of hydrogen-bond donors (Lipinski definition) is 1. The van der Waals surface area contributed by atoms with Gasteiger partial charge in [0.05, 0.1) is 11.4 Å². The predicted octanol–water partition coefficient (Wildman–Crippen LogP) is 1.58. The van der Waals surface area contributed by atoms with Gasteiger partial charge in [0.25, 0.3) is 0 Å². The van der Waals surface area contributed by atoms with Gasteiger partial charge in [-0.15, -0.1) is 0 Å². The Hall–Kier alpha value is -2.01. The lowest BCUT2D eigenvalue weighted by Crippen LogP contribution is -2.15. The normalized spacial score (nSPS) is 13.6. The van der Waals surface area contributed by atoms with Gasteiger partial charge < -0.3 is 14.8 Å². The van der Waals surface area contributed by atoms with Crippen LogP contribution in [0.25, 0.3) is 11.3 Å². The molecule has 0 unspecified atom stereocenters. The van der Waals surface area contributed by atoms with Crippen molar-refractivity contribution in [2.75, 3.05) is 20.3 Å². The summed E-state index contributed by atoms with van der Waals surface area (Å²) in [4.78, 5) is 0. The number of benzene rings is 1. The maximum absolute atomic E-state index is 5.61. The average Bonchev–Trinajstić information content (AvgIpc) is 2.79. The van der Waals surface area contributed by atoms with Crippen molar-refractivity contribution in [3.05, 3.63) is 30.0 Å². The van der Waals surface area contributed by atoms with Crippen LogP contribution in [0.4, 0.5) is 0 Å². The summed E-state index contributed by atoms with van der Waals surface area (Å²) >= 11 is 0. The topological polar surface area (TPSA) is 48.3 Å². The standard InChI is InChI=1S/C14H17N3O2/c1-15-9-11-8-12(17(2)16-11)10-3-4-13-14(7-10)19-6-5-18-13/h3-4,7-8,15H,5-6,9H2,1-2H3. The molecule has 0 saturated carbocycles. The van der Waals surface area contributed by atoms with Crippen molar-refractivity contribution in [1.82, 2.24) is 15.1 Å². The summed E-state index contributed by atoms with van der Waals surface area (Å²) in [6.45, 7) is 1.98. The van der Waals surface area contributed by atoms with Gasteiger partial charge in [-0.25, -0.2) is 0 Å². The van der Waals surface area contributed by atoms with Gasteiger partial charge in [-0.05, 0) is 31.3 Å². The fourth-order valence-electron chi connectivity index (χ4n) is 2.27. The van der Waals surface area contributed by atoms with E-state index in [9.17, 15) is 0 Å². The van der Waals surface area contributed by atoms with Gasteiger partial charge in [-0.1, -0.05) is 0 Å². The molecule has 2 heterocycles. The highest BCUT2D eigenvalue weighted by Crippen LogP contribution is 2.34. The first-order valence-electron chi connectivity index (χ1n) is 6.35. The number of aryl methyl sites for hydroxylation is 1. The van der Waals surface area contributed by atoms with E-state index in [1.165, 1.54) is 0 Å². The molecule has 1 aliphatic rings. The van der Waals surface area contributed by atoms with E-state index in [-0.39, 0.29) is 0 Å².